The van der Waals surface area contributed by atoms with Gasteiger partial charge in [0.05, 0.1) is 17.2 Å². The molecule has 4 rings (SSSR count). The molecule has 30 heavy (non-hydrogen) atoms. The van der Waals surface area contributed by atoms with E-state index < -0.39 is 30.3 Å². The van der Waals surface area contributed by atoms with Crippen LogP contribution in [0.3, 0.4) is 0 Å². The number of benzene rings is 1. The molecular weight excluding hydrogens is 415 g/mol. The predicted molar refractivity (Wildman–Crippen MR) is 108 cm³/mol. The number of nitrogens with two attached hydrogens (primary N) is 1. The minimum atomic E-state index is -1.54. The molecule has 3 N–H and O–H groups in total. The molecule has 9 nitrogen and oxygen atoms in total. The first-order valence-electron chi connectivity index (χ1n) is 9.42. The second-order valence-corrected chi connectivity index (χ2v) is 7.89. The number of alkyl halides is 1. The fourth-order valence-electron chi connectivity index (χ4n) is 3.54. The highest BCUT2D eigenvalue weighted by atomic mass is 32.2. The topological polar surface area (TPSA) is 110 Å². The lowest BCUT2D eigenvalue weighted by atomic mass is 10.1. The molecule has 2 aromatic rings. The predicted octanol–water partition coefficient (Wildman–Crippen LogP) is 1.69. The van der Waals surface area contributed by atoms with Crippen LogP contribution in [0.15, 0.2) is 39.0 Å². The first-order valence-corrected chi connectivity index (χ1v) is 10.2. The molecule has 1 fully saturated rings. The fourth-order valence-corrected chi connectivity index (χ4v) is 4.54. The van der Waals surface area contributed by atoms with Crippen LogP contribution in [0, 0.1) is 0 Å². The summed E-state index contributed by atoms with van der Waals surface area (Å²) in [7, 11) is 2.90. The lowest BCUT2D eigenvalue weighted by Crippen LogP contribution is -2.35. The normalized spacial score (nSPS) is 24.8. The van der Waals surface area contributed by atoms with Gasteiger partial charge >= 0.3 is 5.69 Å². The number of hydrogen-bond donors (Lipinski definition) is 2. The Morgan fingerprint density at radius 1 is 1.37 bits per heavy atom. The van der Waals surface area contributed by atoms with Crippen LogP contribution in [0.1, 0.15) is 6.23 Å². The largest absolute Gasteiger partial charge is 0.490 e. The maximum Gasteiger partial charge on any atom is 0.351 e. The zero-order chi connectivity index (χ0) is 21.3. The van der Waals surface area contributed by atoms with E-state index in [1.165, 1.54) is 30.5 Å². The number of rotatable bonds is 7. The number of anilines is 2. The molecule has 0 amide bonds. The van der Waals surface area contributed by atoms with Crippen molar-refractivity contribution in [3.8, 4) is 5.75 Å². The van der Waals surface area contributed by atoms with Crippen LogP contribution in [0.25, 0.3) is 0 Å². The molecule has 1 aromatic heterocycles. The van der Waals surface area contributed by atoms with Gasteiger partial charge in [0.25, 0.3) is 0 Å². The smallest absolute Gasteiger partial charge is 0.351 e. The van der Waals surface area contributed by atoms with Gasteiger partial charge < -0.3 is 30.0 Å². The average Bonchev–Trinajstić information content (AvgIpc) is 3.05. The molecular formula is C19H23FN4O5S. The van der Waals surface area contributed by atoms with Gasteiger partial charge in [-0.1, -0.05) is 17.8 Å². The number of nitrogens with one attached hydrogen (secondary N) is 1. The Labute approximate surface area is 176 Å². The Kier molecular flexibility index (Phi) is 6.25. The van der Waals surface area contributed by atoms with Gasteiger partial charge in [0, 0.05) is 31.9 Å². The molecule has 0 radical (unpaired) electrons. The van der Waals surface area contributed by atoms with E-state index in [9.17, 15) is 9.18 Å². The maximum absolute atomic E-state index is 15.0. The summed E-state index contributed by atoms with van der Waals surface area (Å²) in [6, 6.07) is 5.60. The van der Waals surface area contributed by atoms with Crippen molar-refractivity contribution >= 4 is 23.3 Å². The molecule has 0 aliphatic carbocycles. The van der Waals surface area contributed by atoms with Crippen LogP contribution >= 0.6 is 11.8 Å². The van der Waals surface area contributed by atoms with E-state index in [2.05, 4.69) is 10.3 Å². The summed E-state index contributed by atoms with van der Waals surface area (Å²) in [5.41, 5.74) is 5.60. The number of halogens is 1. The van der Waals surface area contributed by atoms with Gasteiger partial charge in [0.1, 0.15) is 24.6 Å². The second-order valence-electron chi connectivity index (χ2n) is 6.80. The first kappa shape index (κ1) is 21.1. The van der Waals surface area contributed by atoms with Gasteiger partial charge in [-0.15, -0.1) is 0 Å². The summed E-state index contributed by atoms with van der Waals surface area (Å²) in [6.07, 6.45) is -2.61. The summed E-state index contributed by atoms with van der Waals surface area (Å²) in [6.45, 7) is 0.900. The third kappa shape index (κ3) is 3.79. The zero-order valence-corrected chi connectivity index (χ0v) is 17.4. The number of para-hydroxylation sites is 1. The van der Waals surface area contributed by atoms with E-state index in [-0.39, 0.29) is 6.61 Å². The number of ether oxygens (including phenoxy) is 4. The fraction of sp³-hybridized carbons (Fsp3) is 0.474. The lowest BCUT2D eigenvalue weighted by Gasteiger charge is -2.24. The van der Waals surface area contributed by atoms with Crippen LogP contribution in [0.5, 0.6) is 5.75 Å². The van der Waals surface area contributed by atoms with Crippen molar-refractivity contribution in [2.24, 2.45) is 5.73 Å². The number of aromatic nitrogens is 2. The SMILES string of the molecule is COC[C@H]1O[C@@H](n2cc3c(nc2=O)Nc2c(OCCN)cccc2S3)[C@@H](F)C1OC. The summed E-state index contributed by atoms with van der Waals surface area (Å²) in [5, 5.41) is 3.15. The summed E-state index contributed by atoms with van der Waals surface area (Å²) >= 11 is 1.40. The van der Waals surface area contributed by atoms with E-state index in [0.717, 1.165) is 4.90 Å². The lowest BCUT2D eigenvalue weighted by molar-refractivity contribution is -0.0626. The Morgan fingerprint density at radius 3 is 2.93 bits per heavy atom. The molecule has 4 atom stereocenters. The number of methoxy groups -OCH3 is 2. The van der Waals surface area contributed by atoms with Gasteiger partial charge in [-0.25, -0.2) is 9.18 Å². The van der Waals surface area contributed by atoms with Crippen LogP contribution in [0.2, 0.25) is 0 Å². The van der Waals surface area contributed by atoms with E-state index >= 15 is 0 Å². The van der Waals surface area contributed by atoms with Gasteiger partial charge in [0.2, 0.25) is 0 Å². The second kappa shape index (κ2) is 8.90. The van der Waals surface area contributed by atoms with Crippen molar-refractivity contribution in [1.82, 2.24) is 9.55 Å². The van der Waals surface area contributed by atoms with Crippen molar-refractivity contribution in [2.75, 3.05) is 39.3 Å². The molecule has 0 bridgehead atoms. The zero-order valence-electron chi connectivity index (χ0n) is 16.5. The summed E-state index contributed by atoms with van der Waals surface area (Å²) in [4.78, 5) is 18.4. The molecule has 0 saturated carbocycles. The van der Waals surface area contributed by atoms with E-state index in [1.54, 1.807) is 6.20 Å². The maximum atomic E-state index is 15.0. The molecule has 2 aliphatic heterocycles. The number of hydrogen-bond acceptors (Lipinski definition) is 9. The molecule has 162 valence electrons. The van der Waals surface area contributed by atoms with E-state index in [0.29, 0.717) is 35.3 Å². The summed E-state index contributed by atoms with van der Waals surface area (Å²) < 4.78 is 37.9. The Bertz CT molecular complexity index is 974. The van der Waals surface area contributed by atoms with Crippen LogP contribution in [-0.2, 0) is 14.2 Å². The van der Waals surface area contributed by atoms with Gasteiger partial charge in [0.15, 0.2) is 18.2 Å². The van der Waals surface area contributed by atoms with Crippen molar-refractivity contribution in [3.05, 3.63) is 34.9 Å². The number of nitrogens with zero attached hydrogens (tertiary/aromatic N) is 2. The highest BCUT2D eigenvalue weighted by Gasteiger charge is 2.47. The Morgan fingerprint density at radius 2 is 2.20 bits per heavy atom. The highest BCUT2D eigenvalue weighted by Crippen LogP contribution is 2.47. The molecule has 1 unspecified atom stereocenters. The highest BCUT2D eigenvalue weighted by molar-refractivity contribution is 7.99. The third-order valence-corrected chi connectivity index (χ3v) is 5.97. The molecule has 1 saturated heterocycles. The number of fused-ring (bicyclic) bond motifs is 2. The average molecular weight is 438 g/mol. The van der Waals surface area contributed by atoms with Crippen molar-refractivity contribution in [1.29, 1.82) is 0 Å². The first-order chi connectivity index (χ1) is 14.6. The quantitative estimate of drug-likeness (QED) is 0.569. The van der Waals surface area contributed by atoms with Gasteiger partial charge in [-0.3, -0.25) is 4.57 Å². The monoisotopic (exact) mass is 438 g/mol. The minimum absolute atomic E-state index is 0.151. The Hall–Kier alpha value is -2.18. The molecule has 0 spiro atoms. The van der Waals surface area contributed by atoms with Gasteiger partial charge in [-0.2, -0.15) is 4.98 Å². The minimum Gasteiger partial charge on any atom is -0.490 e. The summed E-state index contributed by atoms with van der Waals surface area (Å²) in [5.74, 6) is 0.998. The van der Waals surface area contributed by atoms with E-state index in [4.69, 9.17) is 24.7 Å². The molecule has 11 heteroatoms. The molecule has 1 aromatic carbocycles. The van der Waals surface area contributed by atoms with Crippen LogP contribution < -0.4 is 21.5 Å². The van der Waals surface area contributed by atoms with Crippen LogP contribution in [-0.4, -0.2) is 61.9 Å². The third-order valence-electron chi connectivity index (χ3n) is 4.89. The Balaban J connectivity index is 1.64. The van der Waals surface area contributed by atoms with Gasteiger partial charge in [-0.05, 0) is 12.1 Å². The van der Waals surface area contributed by atoms with Crippen molar-refractivity contribution in [2.45, 2.75) is 34.4 Å². The standard InChI is InChI=1S/C19H23FN4O5S/c1-26-9-11-16(27-2)14(20)18(29-11)24-8-13-17(23-19(24)25)22-15-10(28-7-6-21)4-3-5-12(15)30-13/h3-5,8,11,14,16,18H,6-7,9,21H2,1-2H3,(H,22,23,25)/t11-,14+,16?,18-/m1/s1. The van der Waals surface area contributed by atoms with Crippen molar-refractivity contribution < 1.29 is 23.3 Å². The molecule has 2 aliphatic rings. The van der Waals surface area contributed by atoms with Crippen molar-refractivity contribution in [3.63, 3.8) is 0 Å². The van der Waals surface area contributed by atoms with E-state index in [1.807, 2.05) is 18.2 Å². The molecule has 3 heterocycles. The van der Waals surface area contributed by atoms with Crippen LogP contribution in [0.4, 0.5) is 15.9 Å².